The van der Waals surface area contributed by atoms with E-state index in [1.54, 1.807) is 12.1 Å². The van der Waals surface area contributed by atoms with Crippen molar-refractivity contribution in [2.75, 3.05) is 11.8 Å². The van der Waals surface area contributed by atoms with Crippen LogP contribution >= 0.6 is 0 Å². The molecule has 2 aromatic carbocycles. The number of hydrogen-bond donors (Lipinski definition) is 4. The Morgan fingerprint density at radius 2 is 1.66 bits per heavy atom. The van der Waals surface area contributed by atoms with Gasteiger partial charge in [0.2, 0.25) is 0 Å². The molecule has 41 heavy (non-hydrogen) atoms. The second-order valence-corrected chi connectivity index (χ2v) is 12.9. The molecule has 1 amide bonds. The summed E-state index contributed by atoms with van der Waals surface area (Å²) in [6, 6.07) is 11.8. The number of fused-ring (bicyclic) bond motifs is 1. The highest BCUT2D eigenvalue weighted by Crippen LogP contribution is 2.33. The van der Waals surface area contributed by atoms with Gasteiger partial charge < -0.3 is 20.4 Å². The number of aromatic amines is 1. The lowest BCUT2D eigenvalue weighted by molar-refractivity contribution is 0.0946. The van der Waals surface area contributed by atoms with Crippen molar-refractivity contribution in [1.29, 1.82) is 0 Å². The van der Waals surface area contributed by atoms with Crippen LogP contribution in [0.2, 0.25) is 0 Å². The minimum atomic E-state index is -3.92. The molecule has 0 unspecified atom stereocenters. The van der Waals surface area contributed by atoms with Gasteiger partial charge in [0.05, 0.1) is 17.7 Å². The van der Waals surface area contributed by atoms with Gasteiger partial charge in [-0.2, -0.15) is 0 Å². The summed E-state index contributed by atoms with van der Waals surface area (Å²) in [7, 11) is -2.58. The maximum atomic E-state index is 13.5. The molecule has 1 fully saturated rings. The molecule has 0 bridgehead atoms. The summed E-state index contributed by atoms with van der Waals surface area (Å²) < 4.78 is 46.7. The highest BCUT2D eigenvalue weighted by Gasteiger charge is 2.34. The Balaban J connectivity index is 1.19. The minimum absolute atomic E-state index is 0.0398. The van der Waals surface area contributed by atoms with Crippen LogP contribution in [0.5, 0.6) is 5.75 Å². The topological polar surface area (TPSA) is 112 Å². The normalized spacial score (nSPS) is 17.4. The second kappa shape index (κ2) is 12.7. The van der Waals surface area contributed by atoms with E-state index in [2.05, 4.69) is 20.3 Å². The Morgan fingerprint density at radius 3 is 2.34 bits per heavy atom. The molecule has 0 saturated heterocycles. The fourth-order valence-electron chi connectivity index (χ4n) is 5.97. The van der Waals surface area contributed by atoms with Crippen LogP contribution in [0.15, 0.2) is 53.4 Å². The molecule has 3 aromatic rings. The van der Waals surface area contributed by atoms with E-state index >= 15 is 0 Å². The average molecular weight is 583 g/mol. The van der Waals surface area contributed by atoms with Crippen LogP contribution in [-0.2, 0) is 29.5 Å². The number of nitrogens with one attached hydrogen (secondary N) is 4. The van der Waals surface area contributed by atoms with E-state index in [1.807, 2.05) is 6.07 Å². The molecule has 0 radical (unpaired) electrons. The summed E-state index contributed by atoms with van der Waals surface area (Å²) in [5.41, 5.74) is 3.87. The number of anilines is 1. The van der Waals surface area contributed by atoms with Gasteiger partial charge in [-0.15, -0.1) is 0 Å². The van der Waals surface area contributed by atoms with Gasteiger partial charge in [-0.25, -0.2) is 12.8 Å². The highest BCUT2D eigenvalue weighted by atomic mass is 32.2. The van der Waals surface area contributed by atoms with E-state index in [4.69, 9.17) is 4.74 Å². The van der Waals surface area contributed by atoms with Crippen molar-refractivity contribution in [2.24, 2.45) is 0 Å². The van der Waals surface area contributed by atoms with E-state index in [0.717, 1.165) is 41.9 Å². The Bertz CT molecular complexity index is 1460. The Morgan fingerprint density at radius 1 is 0.976 bits per heavy atom. The average Bonchev–Trinajstić information content (AvgIpc) is 3.39. The smallest absolute Gasteiger partial charge is 0.267 e. The summed E-state index contributed by atoms with van der Waals surface area (Å²) in [4.78, 5) is 16.4. The number of ether oxygens (including phenoxy) is 1. The van der Waals surface area contributed by atoms with Gasteiger partial charge in [-0.05, 0) is 54.3 Å². The van der Waals surface area contributed by atoms with Crippen LogP contribution in [0.4, 0.5) is 10.1 Å². The number of carbonyl (C=O) groups is 1. The predicted molar refractivity (Wildman–Crippen MR) is 157 cm³/mol. The van der Waals surface area contributed by atoms with Crippen molar-refractivity contribution >= 4 is 21.6 Å². The molecule has 2 heterocycles. The van der Waals surface area contributed by atoms with Crippen molar-refractivity contribution in [3.63, 3.8) is 0 Å². The van der Waals surface area contributed by atoms with Crippen LogP contribution in [0.25, 0.3) is 0 Å². The van der Waals surface area contributed by atoms with Crippen molar-refractivity contribution in [2.45, 2.75) is 87.7 Å². The van der Waals surface area contributed by atoms with Crippen LogP contribution in [0.1, 0.15) is 85.1 Å². The molecule has 8 nitrogen and oxygen atoms in total. The van der Waals surface area contributed by atoms with Gasteiger partial charge in [-0.3, -0.25) is 9.52 Å². The Kier molecular flexibility index (Phi) is 8.99. The first-order valence-corrected chi connectivity index (χ1v) is 15.9. The quantitative estimate of drug-likeness (QED) is 0.281. The first-order chi connectivity index (χ1) is 19.8. The highest BCUT2D eigenvalue weighted by molar-refractivity contribution is 7.92. The lowest BCUT2D eigenvalue weighted by atomic mass is 9.79. The molecule has 220 valence electrons. The third-order valence-electron chi connectivity index (χ3n) is 8.31. The zero-order chi connectivity index (χ0) is 28.9. The van der Waals surface area contributed by atoms with E-state index in [-0.39, 0.29) is 34.3 Å². The number of benzene rings is 2. The molecule has 1 aromatic heterocycles. The summed E-state index contributed by atoms with van der Waals surface area (Å²) in [6.45, 7) is 1.02. The largest absolute Gasteiger partial charge is 0.494 e. The molecule has 1 saturated carbocycles. The molecule has 1 spiro atoms. The van der Waals surface area contributed by atoms with Crippen LogP contribution in [0.3, 0.4) is 0 Å². The predicted octanol–water partition coefficient (Wildman–Crippen LogP) is 5.80. The van der Waals surface area contributed by atoms with Gasteiger partial charge in [0, 0.05) is 36.8 Å². The Labute approximate surface area is 241 Å². The number of H-pyrrole nitrogens is 1. The van der Waals surface area contributed by atoms with Gasteiger partial charge in [0.1, 0.15) is 17.3 Å². The standard InChI is InChI=1S/C31H39FN4O4S/c1-40-29-18-24(32)11-14-26(29)36-41(38,39)25-12-9-22(10-13-25)20-33-30(37)27-17-23-21-34-31(19-28(23)35-27)15-7-5-3-2-4-6-8-16-31/h9-14,17-18,34-36H,2-8,15-16,19-21H2,1H3,(H,33,37). The summed E-state index contributed by atoms with van der Waals surface area (Å²) >= 11 is 0. The van der Waals surface area contributed by atoms with Crippen molar-refractivity contribution < 1.29 is 22.3 Å². The molecule has 1 aliphatic heterocycles. The lowest BCUT2D eigenvalue weighted by Crippen LogP contribution is -2.49. The summed E-state index contributed by atoms with van der Waals surface area (Å²) in [5, 5.41) is 6.77. The molecular formula is C31H39FN4O4S. The van der Waals surface area contributed by atoms with Gasteiger partial charge >= 0.3 is 0 Å². The number of carbonyl (C=O) groups excluding carboxylic acids is 1. The van der Waals surface area contributed by atoms with Crippen LogP contribution < -0.4 is 20.1 Å². The second-order valence-electron chi connectivity index (χ2n) is 11.2. The third kappa shape index (κ3) is 7.11. The third-order valence-corrected chi connectivity index (χ3v) is 9.69. The van der Waals surface area contributed by atoms with Gasteiger partial charge in [0.25, 0.3) is 15.9 Å². The first-order valence-electron chi connectivity index (χ1n) is 14.5. The van der Waals surface area contributed by atoms with Crippen molar-refractivity contribution in [3.8, 4) is 5.75 Å². The first kappa shape index (κ1) is 29.1. The number of amides is 1. The van der Waals surface area contributed by atoms with Crippen LogP contribution in [-0.4, -0.2) is 32.0 Å². The maximum Gasteiger partial charge on any atom is 0.267 e. The minimum Gasteiger partial charge on any atom is -0.494 e. The zero-order valence-corrected chi connectivity index (χ0v) is 24.3. The van der Waals surface area contributed by atoms with Crippen LogP contribution in [0, 0.1) is 5.82 Å². The van der Waals surface area contributed by atoms with E-state index in [0.29, 0.717) is 5.69 Å². The van der Waals surface area contributed by atoms with E-state index < -0.39 is 15.8 Å². The van der Waals surface area contributed by atoms with Crippen molar-refractivity contribution in [1.82, 2.24) is 15.6 Å². The summed E-state index contributed by atoms with van der Waals surface area (Å²) in [6.07, 6.45) is 12.3. The number of aromatic nitrogens is 1. The van der Waals surface area contributed by atoms with E-state index in [1.165, 1.54) is 83.1 Å². The maximum absolute atomic E-state index is 13.5. The lowest BCUT2D eigenvalue weighted by Gasteiger charge is -2.39. The Hall–Kier alpha value is -3.37. The molecule has 1 aliphatic carbocycles. The number of halogens is 1. The number of sulfonamides is 1. The molecule has 10 heteroatoms. The van der Waals surface area contributed by atoms with Gasteiger partial charge in [-0.1, -0.05) is 57.1 Å². The number of hydrogen-bond acceptors (Lipinski definition) is 5. The molecule has 2 aliphatic rings. The number of methoxy groups -OCH3 is 1. The SMILES string of the molecule is COc1cc(F)ccc1NS(=O)(=O)c1ccc(CNC(=O)c2cc3c([nH]2)CC2(CCCCCCCCC2)NC3)cc1. The number of rotatable bonds is 7. The van der Waals surface area contributed by atoms with Gasteiger partial charge in [0.15, 0.2) is 0 Å². The molecule has 5 rings (SSSR count). The fraction of sp³-hybridized carbons (Fsp3) is 0.452. The van der Waals surface area contributed by atoms with Crippen molar-refractivity contribution in [3.05, 3.63) is 76.9 Å². The monoisotopic (exact) mass is 582 g/mol. The molecular weight excluding hydrogens is 543 g/mol. The fourth-order valence-corrected chi connectivity index (χ4v) is 7.04. The molecule has 0 atom stereocenters. The molecule has 4 N–H and O–H groups in total. The zero-order valence-electron chi connectivity index (χ0n) is 23.5. The van der Waals surface area contributed by atoms with E-state index in [9.17, 15) is 17.6 Å². The summed E-state index contributed by atoms with van der Waals surface area (Å²) in [5.74, 6) is -0.640.